The fraction of sp³-hybridized carbons (Fsp3) is 0.118. The molecule has 0 unspecified atom stereocenters. The highest BCUT2D eigenvalue weighted by molar-refractivity contribution is 6.35. The first-order chi connectivity index (χ1) is 12.2. The number of halogens is 2. The fourth-order valence-corrected chi connectivity index (χ4v) is 2.50. The minimum atomic E-state index is -0.0221. The lowest BCUT2D eigenvalue weighted by atomic mass is 10.2. The van der Waals surface area contributed by atoms with E-state index in [1.54, 1.807) is 36.7 Å². The molecule has 0 aliphatic heterocycles. The number of pyridine rings is 1. The molecule has 0 saturated heterocycles. The van der Waals surface area contributed by atoms with Crippen LogP contribution in [0.1, 0.15) is 0 Å². The molecular formula is C17H15Cl2N5O. The zero-order chi connectivity index (χ0) is 17.6. The van der Waals surface area contributed by atoms with Crippen molar-refractivity contribution in [3.8, 4) is 11.3 Å². The lowest BCUT2D eigenvalue weighted by Crippen LogP contribution is -2.10. The summed E-state index contributed by atoms with van der Waals surface area (Å²) in [4.78, 5) is 12.9. The van der Waals surface area contributed by atoms with Gasteiger partial charge in [0.15, 0.2) is 0 Å². The number of anilines is 3. The number of nitrogens with one attached hydrogen (secondary N) is 2. The average molecular weight is 376 g/mol. The number of hydrogen-bond donors (Lipinski definition) is 3. The van der Waals surface area contributed by atoms with E-state index in [0.717, 1.165) is 5.56 Å². The highest BCUT2D eigenvalue weighted by Gasteiger charge is 2.09. The lowest BCUT2D eigenvalue weighted by Gasteiger charge is -2.12. The van der Waals surface area contributed by atoms with Crippen molar-refractivity contribution >= 4 is 40.7 Å². The van der Waals surface area contributed by atoms with Gasteiger partial charge in [0.05, 0.1) is 23.0 Å². The van der Waals surface area contributed by atoms with E-state index in [0.29, 0.717) is 39.7 Å². The Labute approximate surface area is 154 Å². The summed E-state index contributed by atoms with van der Waals surface area (Å²) >= 11 is 12.2. The SMILES string of the molecule is OCCNc1nc(Nc2cc(Cl)ccc2Cl)cc(-c2ccncc2)n1. The molecule has 0 atom stereocenters. The van der Waals surface area contributed by atoms with Crippen molar-refractivity contribution in [2.45, 2.75) is 0 Å². The predicted molar refractivity (Wildman–Crippen MR) is 101 cm³/mol. The van der Waals surface area contributed by atoms with E-state index in [1.165, 1.54) is 0 Å². The van der Waals surface area contributed by atoms with Crippen molar-refractivity contribution in [1.82, 2.24) is 15.0 Å². The van der Waals surface area contributed by atoms with E-state index < -0.39 is 0 Å². The van der Waals surface area contributed by atoms with Crippen LogP contribution in [0.2, 0.25) is 10.0 Å². The largest absolute Gasteiger partial charge is 0.395 e. The van der Waals surface area contributed by atoms with Crippen LogP contribution in [0.5, 0.6) is 0 Å². The molecule has 8 heteroatoms. The number of aliphatic hydroxyl groups is 1. The number of aliphatic hydroxyl groups excluding tert-OH is 1. The topological polar surface area (TPSA) is 83.0 Å². The van der Waals surface area contributed by atoms with Gasteiger partial charge in [-0.25, -0.2) is 4.98 Å². The zero-order valence-electron chi connectivity index (χ0n) is 13.1. The summed E-state index contributed by atoms with van der Waals surface area (Å²) in [5, 5.41) is 16.2. The van der Waals surface area contributed by atoms with Crippen LogP contribution in [-0.4, -0.2) is 33.2 Å². The van der Waals surface area contributed by atoms with Crippen molar-refractivity contribution in [2.24, 2.45) is 0 Å². The first-order valence-electron chi connectivity index (χ1n) is 7.52. The second-order valence-corrected chi connectivity index (χ2v) is 5.94. The fourth-order valence-electron chi connectivity index (χ4n) is 2.16. The molecule has 0 radical (unpaired) electrons. The van der Waals surface area contributed by atoms with Crippen molar-refractivity contribution in [1.29, 1.82) is 0 Å². The van der Waals surface area contributed by atoms with Gasteiger partial charge in [-0.1, -0.05) is 23.2 Å². The Morgan fingerprint density at radius 1 is 1.00 bits per heavy atom. The molecule has 0 aliphatic rings. The highest BCUT2D eigenvalue weighted by Crippen LogP contribution is 2.29. The molecule has 3 rings (SSSR count). The molecule has 3 N–H and O–H groups in total. The van der Waals surface area contributed by atoms with Crippen molar-refractivity contribution in [3.05, 3.63) is 58.8 Å². The standard InChI is InChI=1S/C17H15Cl2N5O/c18-12-1-2-13(19)15(9-12)22-16-10-14(11-3-5-20-6-4-11)23-17(24-16)21-7-8-25/h1-6,9-10,25H,7-8H2,(H2,21,22,23,24). The summed E-state index contributed by atoms with van der Waals surface area (Å²) in [5.41, 5.74) is 2.24. The molecule has 2 aromatic heterocycles. The molecule has 0 saturated carbocycles. The summed E-state index contributed by atoms with van der Waals surface area (Å²) in [7, 11) is 0. The van der Waals surface area contributed by atoms with E-state index in [1.807, 2.05) is 12.1 Å². The van der Waals surface area contributed by atoms with Gasteiger partial charge in [-0.2, -0.15) is 4.98 Å². The third-order valence-corrected chi connectivity index (χ3v) is 3.85. The van der Waals surface area contributed by atoms with Gasteiger partial charge < -0.3 is 15.7 Å². The van der Waals surface area contributed by atoms with Gasteiger partial charge >= 0.3 is 0 Å². The van der Waals surface area contributed by atoms with Crippen molar-refractivity contribution in [2.75, 3.05) is 23.8 Å². The van der Waals surface area contributed by atoms with Crippen LogP contribution in [0.4, 0.5) is 17.5 Å². The third-order valence-electron chi connectivity index (χ3n) is 3.29. The lowest BCUT2D eigenvalue weighted by molar-refractivity contribution is 0.311. The first-order valence-corrected chi connectivity index (χ1v) is 8.27. The Hall–Kier alpha value is -2.41. The molecule has 0 amide bonds. The van der Waals surface area contributed by atoms with E-state index in [-0.39, 0.29) is 6.61 Å². The maximum absolute atomic E-state index is 9.01. The highest BCUT2D eigenvalue weighted by atomic mass is 35.5. The Morgan fingerprint density at radius 2 is 1.80 bits per heavy atom. The number of hydrogen-bond acceptors (Lipinski definition) is 6. The van der Waals surface area contributed by atoms with Crippen molar-refractivity contribution < 1.29 is 5.11 Å². The molecule has 1 aromatic carbocycles. The smallest absolute Gasteiger partial charge is 0.225 e. The molecule has 0 spiro atoms. The van der Waals surface area contributed by atoms with E-state index in [2.05, 4.69) is 25.6 Å². The maximum Gasteiger partial charge on any atom is 0.225 e. The van der Waals surface area contributed by atoms with E-state index in [9.17, 15) is 0 Å². The summed E-state index contributed by atoms with van der Waals surface area (Å²) in [6, 6.07) is 10.7. The van der Waals surface area contributed by atoms with Gasteiger partial charge in [0, 0.05) is 35.6 Å². The predicted octanol–water partition coefficient (Wildman–Crippen LogP) is 3.99. The minimum Gasteiger partial charge on any atom is -0.395 e. The average Bonchev–Trinajstić information content (AvgIpc) is 2.63. The van der Waals surface area contributed by atoms with Crippen molar-refractivity contribution in [3.63, 3.8) is 0 Å². The van der Waals surface area contributed by atoms with Crippen LogP contribution < -0.4 is 10.6 Å². The molecule has 0 fully saturated rings. The number of nitrogens with zero attached hydrogens (tertiary/aromatic N) is 3. The monoisotopic (exact) mass is 375 g/mol. The number of aromatic nitrogens is 3. The minimum absolute atomic E-state index is 0.0221. The van der Waals surface area contributed by atoms with Gasteiger partial charge in [0.1, 0.15) is 5.82 Å². The normalized spacial score (nSPS) is 10.5. The first kappa shape index (κ1) is 17.4. The quantitative estimate of drug-likeness (QED) is 0.603. The van der Waals surface area contributed by atoms with Crippen LogP contribution >= 0.6 is 23.2 Å². The summed E-state index contributed by atoms with van der Waals surface area (Å²) in [6.07, 6.45) is 3.39. The summed E-state index contributed by atoms with van der Waals surface area (Å²) in [6.45, 7) is 0.322. The number of rotatable bonds is 6. The van der Waals surface area contributed by atoms with Crippen LogP contribution in [0.25, 0.3) is 11.3 Å². The van der Waals surface area contributed by atoms with Crippen LogP contribution in [0.15, 0.2) is 48.8 Å². The van der Waals surface area contributed by atoms with Gasteiger partial charge in [-0.05, 0) is 30.3 Å². The van der Waals surface area contributed by atoms with Crippen LogP contribution in [0.3, 0.4) is 0 Å². The van der Waals surface area contributed by atoms with Crippen LogP contribution in [-0.2, 0) is 0 Å². The maximum atomic E-state index is 9.01. The Kier molecular flexibility index (Phi) is 5.65. The van der Waals surface area contributed by atoms with E-state index >= 15 is 0 Å². The second kappa shape index (κ2) is 8.11. The molecule has 0 aliphatic carbocycles. The van der Waals surface area contributed by atoms with E-state index in [4.69, 9.17) is 28.3 Å². The molecule has 25 heavy (non-hydrogen) atoms. The van der Waals surface area contributed by atoms with Gasteiger partial charge in [-0.15, -0.1) is 0 Å². The summed E-state index contributed by atoms with van der Waals surface area (Å²) < 4.78 is 0. The second-order valence-electron chi connectivity index (χ2n) is 5.10. The Morgan fingerprint density at radius 3 is 2.56 bits per heavy atom. The third kappa shape index (κ3) is 4.57. The number of benzene rings is 1. The van der Waals surface area contributed by atoms with Gasteiger partial charge in [0.25, 0.3) is 0 Å². The molecule has 6 nitrogen and oxygen atoms in total. The molecular weight excluding hydrogens is 361 g/mol. The molecule has 2 heterocycles. The molecule has 3 aromatic rings. The molecule has 128 valence electrons. The van der Waals surface area contributed by atoms with Gasteiger partial charge in [-0.3, -0.25) is 4.98 Å². The zero-order valence-corrected chi connectivity index (χ0v) is 14.6. The van der Waals surface area contributed by atoms with Crippen LogP contribution in [0, 0.1) is 0 Å². The Balaban J connectivity index is 1.98. The summed E-state index contributed by atoms with van der Waals surface area (Å²) in [5.74, 6) is 0.940. The Bertz CT molecular complexity index is 861. The van der Waals surface area contributed by atoms with Gasteiger partial charge in [0.2, 0.25) is 5.95 Å². The molecule has 0 bridgehead atoms.